The van der Waals surface area contributed by atoms with Crippen LogP contribution >= 0.6 is 43.2 Å². The van der Waals surface area contributed by atoms with Crippen LogP contribution in [0.4, 0.5) is 0 Å². The van der Waals surface area contributed by atoms with E-state index in [4.69, 9.17) is 11.5 Å². The van der Waals surface area contributed by atoms with E-state index in [1.165, 1.54) is 11.3 Å². The van der Waals surface area contributed by atoms with E-state index in [9.17, 15) is 9.59 Å². The molecule has 1 amide bonds. The first-order valence-corrected chi connectivity index (χ1v) is 6.35. The Bertz CT molecular complexity index is 405. The SMILES string of the molecule is NC(=O)C(N)CC(=O)c1cc(Br)sc1Br. The number of carbonyl (C=O) groups excluding carboxylic acids is 2. The third-order valence-electron chi connectivity index (χ3n) is 1.73. The Morgan fingerprint density at radius 1 is 1.47 bits per heavy atom. The maximum absolute atomic E-state index is 11.7. The number of Topliss-reactive ketones (excluding diaryl/α,β-unsaturated/α-hetero) is 1. The summed E-state index contributed by atoms with van der Waals surface area (Å²) in [4.78, 5) is 22.3. The molecule has 82 valence electrons. The average Bonchev–Trinajstić information content (AvgIpc) is 2.44. The molecule has 0 aliphatic carbocycles. The highest BCUT2D eigenvalue weighted by Gasteiger charge is 2.19. The van der Waals surface area contributed by atoms with Gasteiger partial charge in [-0.05, 0) is 37.9 Å². The molecule has 1 unspecified atom stereocenters. The Morgan fingerprint density at radius 3 is 2.47 bits per heavy atom. The summed E-state index contributed by atoms with van der Waals surface area (Å²) in [5.74, 6) is -0.871. The molecule has 1 atom stereocenters. The van der Waals surface area contributed by atoms with Gasteiger partial charge in [-0.2, -0.15) is 0 Å². The number of rotatable bonds is 4. The van der Waals surface area contributed by atoms with E-state index >= 15 is 0 Å². The van der Waals surface area contributed by atoms with Crippen molar-refractivity contribution in [2.45, 2.75) is 12.5 Å². The summed E-state index contributed by atoms with van der Waals surface area (Å²) in [6.07, 6.45) is -0.0723. The molecular weight excluding hydrogens is 348 g/mol. The van der Waals surface area contributed by atoms with Gasteiger partial charge in [0.1, 0.15) is 0 Å². The molecule has 1 aromatic heterocycles. The van der Waals surface area contributed by atoms with E-state index < -0.39 is 11.9 Å². The van der Waals surface area contributed by atoms with Crippen LogP contribution < -0.4 is 11.5 Å². The van der Waals surface area contributed by atoms with Gasteiger partial charge in [-0.25, -0.2) is 0 Å². The molecule has 4 N–H and O–H groups in total. The van der Waals surface area contributed by atoms with Crippen LogP contribution in [0, 0.1) is 0 Å². The smallest absolute Gasteiger partial charge is 0.234 e. The average molecular weight is 356 g/mol. The van der Waals surface area contributed by atoms with Crippen molar-refractivity contribution in [1.82, 2.24) is 0 Å². The summed E-state index contributed by atoms with van der Waals surface area (Å²) in [6.45, 7) is 0. The zero-order valence-corrected chi connectivity index (χ0v) is 11.5. The minimum Gasteiger partial charge on any atom is -0.368 e. The highest BCUT2D eigenvalue weighted by molar-refractivity contribution is 9.12. The molecule has 1 rings (SSSR count). The maximum Gasteiger partial charge on any atom is 0.234 e. The molecule has 0 spiro atoms. The van der Waals surface area contributed by atoms with Crippen molar-refractivity contribution in [3.05, 3.63) is 19.2 Å². The van der Waals surface area contributed by atoms with Gasteiger partial charge in [0.15, 0.2) is 5.78 Å². The number of thiophene rings is 1. The highest BCUT2D eigenvalue weighted by atomic mass is 79.9. The lowest BCUT2D eigenvalue weighted by Crippen LogP contribution is -2.38. The number of hydrogen-bond donors (Lipinski definition) is 2. The Hall–Kier alpha value is -0.240. The number of primary amides is 1. The number of carbonyl (C=O) groups is 2. The molecule has 4 nitrogen and oxygen atoms in total. The molecule has 0 aliphatic rings. The Balaban J connectivity index is 2.77. The number of amides is 1. The van der Waals surface area contributed by atoms with Crippen LogP contribution in [0.3, 0.4) is 0 Å². The van der Waals surface area contributed by atoms with Crippen molar-refractivity contribution in [2.24, 2.45) is 11.5 Å². The third kappa shape index (κ3) is 3.37. The second-order valence-electron chi connectivity index (χ2n) is 2.87. The molecule has 0 radical (unpaired) electrons. The van der Waals surface area contributed by atoms with Crippen molar-refractivity contribution >= 4 is 54.9 Å². The zero-order valence-electron chi connectivity index (χ0n) is 7.50. The summed E-state index contributed by atoms with van der Waals surface area (Å²) < 4.78 is 1.56. The van der Waals surface area contributed by atoms with E-state index in [0.717, 1.165) is 7.57 Å². The van der Waals surface area contributed by atoms with Crippen LogP contribution in [0.25, 0.3) is 0 Å². The molecule has 0 bridgehead atoms. The van der Waals surface area contributed by atoms with Gasteiger partial charge in [-0.1, -0.05) is 0 Å². The van der Waals surface area contributed by atoms with Gasteiger partial charge >= 0.3 is 0 Å². The van der Waals surface area contributed by atoms with Crippen LogP contribution in [0.5, 0.6) is 0 Å². The van der Waals surface area contributed by atoms with Crippen molar-refractivity contribution in [3.8, 4) is 0 Å². The molecule has 0 fully saturated rings. The predicted octanol–water partition coefficient (Wildman–Crippen LogP) is 1.66. The lowest BCUT2D eigenvalue weighted by Gasteiger charge is -2.05. The van der Waals surface area contributed by atoms with E-state index in [2.05, 4.69) is 31.9 Å². The van der Waals surface area contributed by atoms with Gasteiger partial charge in [0.05, 0.1) is 13.6 Å². The lowest BCUT2D eigenvalue weighted by atomic mass is 10.1. The molecule has 1 heterocycles. The quantitative estimate of drug-likeness (QED) is 0.805. The fourth-order valence-electron chi connectivity index (χ4n) is 0.941. The van der Waals surface area contributed by atoms with Gasteiger partial charge in [0.25, 0.3) is 0 Å². The molecule has 0 aliphatic heterocycles. The van der Waals surface area contributed by atoms with E-state index in [1.807, 2.05) is 0 Å². The summed E-state index contributed by atoms with van der Waals surface area (Å²) in [7, 11) is 0. The van der Waals surface area contributed by atoms with E-state index in [1.54, 1.807) is 6.07 Å². The topological polar surface area (TPSA) is 86.2 Å². The zero-order chi connectivity index (χ0) is 11.6. The van der Waals surface area contributed by atoms with E-state index in [-0.39, 0.29) is 12.2 Å². The monoisotopic (exact) mass is 354 g/mol. The molecule has 0 aromatic carbocycles. The van der Waals surface area contributed by atoms with Crippen LogP contribution in [0.1, 0.15) is 16.8 Å². The minimum atomic E-state index is -0.928. The first-order chi connectivity index (χ1) is 6.91. The summed E-state index contributed by atoms with van der Waals surface area (Å²) in [5.41, 5.74) is 10.9. The second-order valence-corrected chi connectivity index (χ2v) is 6.62. The van der Waals surface area contributed by atoms with Gasteiger partial charge in [-0.15, -0.1) is 11.3 Å². The number of ketones is 1. The molecule has 1 aromatic rings. The minimum absolute atomic E-state index is 0.0723. The van der Waals surface area contributed by atoms with Crippen LogP contribution in [0.2, 0.25) is 0 Å². The largest absolute Gasteiger partial charge is 0.368 e. The highest BCUT2D eigenvalue weighted by Crippen LogP contribution is 2.32. The summed E-state index contributed by atoms with van der Waals surface area (Å²) >= 11 is 7.90. The fraction of sp³-hybridized carbons (Fsp3) is 0.250. The third-order valence-corrected chi connectivity index (χ3v) is 4.07. The van der Waals surface area contributed by atoms with Crippen molar-refractivity contribution in [2.75, 3.05) is 0 Å². The Morgan fingerprint density at radius 2 is 2.07 bits per heavy atom. The molecular formula is C8H8Br2N2O2S. The summed E-state index contributed by atoms with van der Waals surface area (Å²) in [5, 5.41) is 0. The first kappa shape index (κ1) is 12.8. The standard InChI is InChI=1S/C8H8Br2N2O2S/c9-6-1-3(7(10)15-6)5(13)2-4(11)8(12)14/h1,4H,2,11H2,(H2,12,14). The molecule has 15 heavy (non-hydrogen) atoms. The molecule has 0 saturated carbocycles. The first-order valence-electron chi connectivity index (χ1n) is 3.94. The Kier molecular flexibility index (Phi) is 4.45. The Labute approximate surface area is 107 Å². The molecule has 7 heteroatoms. The van der Waals surface area contributed by atoms with Crippen LogP contribution in [0.15, 0.2) is 13.6 Å². The van der Waals surface area contributed by atoms with Crippen molar-refractivity contribution in [1.29, 1.82) is 0 Å². The van der Waals surface area contributed by atoms with Crippen molar-refractivity contribution < 1.29 is 9.59 Å². The van der Waals surface area contributed by atoms with E-state index in [0.29, 0.717) is 5.56 Å². The fourth-order valence-corrected chi connectivity index (χ4v) is 3.80. The maximum atomic E-state index is 11.7. The van der Waals surface area contributed by atoms with Gasteiger partial charge in [0.2, 0.25) is 5.91 Å². The summed E-state index contributed by atoms with van der Waals surface area (Å²) in [6, 6.07) is 0.758. The van der Waals surface area contributed by atoms with Gasteiger partial charge in [-0.3, -0.25) is 9.59 Å². The van der Waals surface area contributed by atoms with Crippen LogP contribution in [-0.4, -0.2) is 17.7 Å². The normalized spacial score (nSPS) is 12.5. The second kappa shape index (κ2) is 5.20. The van der Waals surface area contributed by atoms with Crippen molar-refractivity contribution in [3.63, 3.8) is 0 Å². The number of hydrogen-bond acceptors (Lipinski definition) is 4. The molecule has 0 saturated heterocycles. The number of nitrogens with two attached hydrogens (primary N) is 2. The predicted molar refractivity (Wildman–Crippen MR) is 65.8 cm³/mol. The van der Waals surface area contributed by atoms with Gasteiger partial charge < -0.3 is 11.5 Å². The van der Waals surface area contributed by atoms with Crippen LogP contribution in [-0.2, 0) is 4.79 Å². The van der Waals surface area contributed by atoms with Gasteiger partial charge in [0, 0.05) is 12.0 Å². The lowest BCUT2D eigenvalue weighted by molar-refractivity contribution is -0.119. The number of halogens is 2.